The number of rotatable bonds is 1. The van der Waals surface area contributed by atoms with Crippen molar-refractivity contribution in [1.29, 1.82) is 0 Å². The SMILES string of the molecule is O=C(c1cc2c(s1)CCCC2)N1CC[C@@]2(CCCNC2=O)C1. The number of thiophene rings is 1. The van der Waals surface area contributed by atoms with Gasteiger partial charge in [0.2, 0.25) is 5.91 Å². The Bertz CT molecular complexity index is 601. The quantitative estimate of drug-likeness (QED) is 0.864. The van der Waals surface area contributed by atoms with Gasteiger partial charge < -0.3 is 10.2 Å². The lowest BCUT2D eigenvalue weighted by Gasteiger charge is -2.32. The summed E-state index contributed by atoms with van der Waals surface area (Å²) in [7, 11) is 0. The number of likely N-dealkylation sites (tertiary alicyclic amines) is 1. The van der Waals surface area contributed by atoms with E-state index in [0.717, 1.165) is 50.1 Å². The molecule has 3 heterocycles. The van der Waals surface area contributed by atoms with Crippen molar-refractivity contribution in [3.63, 3.8) is 0 Å². The van der Waals surface area contributed by atoms with E-state index in [4.69, 9.17) is 0 Å². The van der Waals surface area contributed by atoms with E-state index in [-0.39, 0.29) is 17.2 Å². The van der Waals surface area contributed by atoms with Gasteiger partial charge in [-0.05, 0) is 56.6 Å². The average molecular weight is 318 g/mol. The summed E-state index contributed by atoms with van der Waals surface area (Å²) in [6, 6.07) is 2.10. The topological polar surface area (TPSA) is 49.4 Å². The number of fused-ring (bicyclic) bond motifs is 1. The lowest BCUT2D eigenvalue weighted by Crippen LogP contribution is -2.47. The molecule has 2 saturated heterocycles. The Labute approximate surface area is 134 Å². The first-order valence-corrected chi connectivity index (χ1v) is 9.19. The smallest absolute Gasteiger partial charge is 0.263 e. The number of aryl methyl sites for hydroxylation is 2. The summed E-state index contributed by atoms with van der Waals surface area (Å²) in [6.45, 7) is 2.10. The van der Waals surface area contributed by atoms with Gasteiger partial charge in [0.15, 0.2) is 0 Å². The van der Waals surface area contributed by atoms with Crippen LogP contribution in [0.4, 0.5) is 0 Å². The third-order valence-corrected chi connectivity index (χ3v) is 6.67. The van der Waals surface area contributed by atoms with Gasteiger partial charge in [0.1, 0.15) is 0 Å². The summed E-state index contributed by atoms with van der Waals surface area (Å²) < 4.78 is 0. The first-order chi connectivity index (χ1) is 10.7. The molecule has 118 valence electrons. The lowest BCUT2D eigenvalue weighted by molar-refractivity contribution is -0.132. The largest absolute Gasteiger partial charge is 0.356 e. The zero-order valence-corrected chi connectivity index (χ0v) is 13.6. The minimum Gasteiger partial charge on any atom is -0.356 e. The van der Waals surface area contributed by atoms with Crippen LogP contribution in [0.2, 0.25) is 0 Å². The Morgan fingerprint density at radius 1 is 1.23 bits per heavy atom. The number of hydrogen-bond acceptors (Lipinski definition) is 3. The number of piperidine rings is 1. The summed E-state index contributed by atoms with van der Waals surface area (Å²) in [6.07, 6.45) is 7.49. The number of nitrogens with zero attached hydrogens (tertiary/aromatic N) is 1. The highest BCUT2D eigenvalue weighted by Gasteiger charge is 2.47. The molecule has 2 fully saturated rings. The molecule has 1 aromatic rings. The van der Waals surface area contributed by atoms with Crippen molar-refractivity contribution in [3.05, 3.63) is 21.4 Å². The van der Waals surface area contributed by atoms with E-state index in [1.165, 1.54) is 23.3 Å². The standard InChI is InChI=1S/C17H22N2O2S/c20-15(14-10-12-4-1-2-5-13(12)22-14)19-9-7-17(11-19)6-3-8-18-16(17)21/h10H,1-9,11H2,(H,18,21)/t17-/m0/s1. The number of hydrogen-bond donors (Lipinski definition) is 1. The molecule has 5 heteroatoms. The van der Waals surface area contributed by atoms with E-state index in [2.05, 4.69) is 11.4 Å². The van der Waals surface area contributed by atoms with Crippen LogP contribution in [-0.4, -0.2) is 36.3 Å². The Hall–Kier alpha value is -1.36. The molecule has 0 unspecified atom stereocenters. The van der Waals surface area contributed by atoms with Gasteiger partial charge in [-0.15, -0.1) is 11.3 Å². The molecule has 22 heavy (non-hydrogen) atoms. The highest BCUT2D eigenvalue weighted by atomic mass is 32.1. The Kier molecular flexibility index (Phi) is 3.48. The molecule has 1 aliphatic carbocycles. The molecule has 2 aliphatic heterocycles. The lowest BCUT2D eigenvalue weighted by atomic mass is 9.79. The van der Waals surface area contributed by atoms with Crippen molar-refractivity contribution in [2.45, 2.75) is 44.9 Å². The predicted molar refractivity (Wildman–Crippen MR) is 86.2 cm³/mol. The van der Waals surface area contributed by atoms with Crippen LogP contribution in [0.3, 0.4) is 0 Å². The zero-order valence-electron chi connectivity index (χ0n) is 12.8. The Morgan fingerprint density at radius 2 is 2.09 bits per heavy atom. The van der Waals surface area contributed by atoms with Gasteiger partial charge in [0.05, 0.1) is 10.3 Å². The molecule has 1 atom stereocenters. The maximum atomic E-state index is 12.8. The second-order valence-electron chi connectivity index (χ2n) is 6.88. The van der Waals surface area contributed by atoms with E-state index in [1.54, 1.807) is 11.3 Å². The van der Waals surface area contributed by atoms with Crippen LogP contribution in [-0.2, 0) is 17.6 Å². The van der Waals surface area contributed by atoms with Gasteiger partial charge in [0.25, 0.3) is 5.91 Å². The van der Waals surface area contributed by atoms with Gasteiger partial charge in [0, 0.05) is 24.5 Å². The van der Waals surface area contributed by atoms with Crippen molar-refractivity contribution in [3.8, 4) is 0 Å². The summed E-state index contributed by atoms with van der Waals surface area (Å²) in [4.78, 5) is 29.2. The Morgan fingerprint density at radius 3 is 2.91 bits per heavy atom. The van der Waals surface area contributed by atoms with E-state index in [9.17, 15) is 9.59 Å². The molecule has 0 aromatic carbocycles. The monoisotopic (exact) mass is 318 g/mol. The van der Waals surface area contributed by atoms with Crippen LogP contribution in [0.5, 0.6) is 0 Å². The fourth-order valence-electron chi connectivity index (χ4n) is 4.12. The number of nitrogens with one attached hydrogen (secondary N) is 1. The molecule has 4 rings (SSSR count). The second kappa shape index (κ2) is 5.37. The average Bonchev–Trinajstić information content (AvgIpc) is 3.15. The van der Waals surface area contributed by atoms with Crippen molar-refractivity contribution < 1.29 is 9.59 Å². The van der Waals surface area contributed by atoms with Gasteiger partial charge in [-0.25, -0.2) is 0 Å². The summed E-state index contributed by atoms with van der Waals surface area (Å²) in [5.41, 5.74) is 1.06. The Balaban J connectivity index is 1.52. The highest BCUT2D eigenvalue weighted by molar-refractivity contribution is 7.14. The molecule has 0 radical (unpaired) electrons. The first-order valence-electron chi connectivity index (χ1n) is 8.37. The third-order valence-electron chi connectivity index (χ3n) is 5.45. The predicted octanol–water partition coefficient (Wildman–Crippen LogP) is 2.37. The van der Waals surface area contributed by atoms with E-state index >= 15 is 0 Å². The van der Waals surface area contributed by atoms with Gasteiger partial charge in [-0.1, -0.05) is 0 Å². The molecule has 0 saturated carbocycles. The van der Waals surface area contributed by atoms with Crippen LogP contribution >= 0.6 is 11.3 Å². The molecule has 1 N–H and O–H groups in total. The first kappa shape index (κ1) is 14.2. The minimum absolute atomic E-state index is 0.134. The second-order valence-corrected chi connectivity index (χ2v) is 8.02. The van der Waals surface area contributed by atoms with Gasteiger partial charge >= 0.3 is 0 Å². The van der Waals surface area contributed by atoms with Crippen molar-refractivity contribution in [1.82, 2.24) is 10.2 Å². The minimum atomic E-state index is -0.315. The third kappa shape index (κ3) is 2.26. The van der Waals surface area contributed by atoms with E-state index in [0.29, 0.717) is 6.54 Å². The zero-order chi connectivity index (χ0) is 15.2. The molecule has 1 aromatic heterocycles. The van der Waals surface area contributed by atoms with Crippen molar-refractivity contribution in [2.24, 2.45) is 5.41 Å². The van der Waals surface area contributed by atoms with Gasteiger partial charge in [-0.2, -0.15) is 0 Å². The summed E-state index contributed by atoms with van der Waals surface area (Å²) in [5.74, 6) is 0.286. The molecule has 1 spiro atoms. The van der Waals surface area contributed by atoms with Crippen LogP contribution in [0.25, 0.3) is 0 Å². The molecule has 2 amide bonds. The van der Waals surface area contributed by atoms with Crippen LogP contribution < -0.4 is 5.32 Å². The molecule has 0 bridgehead atoms. The molecular formula is C17H22N2O2S. The number of amides is 2. The van der Waals surface area contributed by atoms with Crippen LogP contribution in [0.1, 0.15) is 52.2 Å². The summed E-state index contributed by atoms with van der Waals surface area (Å²) in [5, 5.41) is 2.98. The fraction of sp³-hybridized carbons (Fsp3) is 0.647. The molecule has 3 aliphatic rings. The fourth-order valence-corrected chi connectivity index (χ4v) is 5.34. The maximum absolute atomic E-state index is 12.8. The molecular weight excluding hydrogens is 296 g/mol. The van der Waals surface area contributed by atoms with Gasteiger partial charge in [-0.3, -0.25) is 9.59 Å². The summed E-state index contributed by atoms with van der Waals surface area (Å²) >= 11 is 1.67. The van der Waals surface area contributed by atoms with E-state index < -0.39 is 0 Å². The highest BCUT2D eigenvalue weighted by Crippen LogP contribution is 2.39. The maximum Gasteiger partial charge on any atom is 0.263 e. The molecule has 4 nitrogen and oxygen atoms in total. The number of carbonyl (C=O) groups excluding carboxylic acids is 2. The normalized spacial score (nSPS) is 27.8. The van der Waals surface area contributed by atoms with Crippen molar-refractivity contribution >= 4 is 23.2 Å². The van der Waals surface area contributed by atoms with Crippen LogP contribution in [0, 0.1) is 5.41 Å². The number of carbonyl (C=O) groups is 2. The van der Waals surface area contributed by atoms with Crippen molar-refractivity contribution in [2.75, 3.05) is 19.6 Å². The van der Waals surface area contributed by atoms with E-state index in [1.807, 2.05) is 4.90 Å². The van der Waals surface area contributed by atoms with Crippen LogP contribution in [0.15, 0.2) is 6.07 Å².